The predicted octanol–water partition coefficient (Wildman–Crippen LogP) is 2.11. The van der Waals surface area contributed by atoms with Crippen molar-refractivity contribution in [3.63, 3.8) is 0 Å². The minimum absolute atomic E-state index is 0.361. The highest BCUT2D eigenvalue weighted by atomic mass is 32.1. The maximum atomic E-state index is 5.87. The van der Waals surface area contributed by atoms with Gasteiger partial charge in [-0.2, -0.15) is 11.3 Å². The van der Waals surface area contributed by atoms with Gasteiger partial charge in [0.05, 0.1) is 5.54 Å². The van der Waals surface area contributed by atoms with E-state index in [9.17, 15) is 0 Å². The molecule has 0 fully saturated rings. The molecule has 0 saturated carbocycles. The average molecular weight is 153 g/mol. The van der Waals surface area contributed by atoms with Crippen molar-refractivity contribution in [3.05, 3.63) is 35.0 Å². The molecule has 2 heteroatoms. The van der Waals surface area contributed by atoms with Gasteiger partial charge in [-0.1, -0.05) is 6.08 Å². The first-order valence-electron chi connectivity index (χ1n) is 3.12. The Morgan fingerprint density at radius 1 is 1.80 bits per heavy atom. The van der Waals surface area contributed by atoms with Crippen molar-refractivity contribution in [2.24, 2.45) is 5.73 Å². The van der Waals surface area contributed by atoms with Gasteiger partial charge in [0, 0.05) is 0 Å². The van der Waals surface area contributed by atoms with Crippen molar-refractivity contribution >= 4 is 11.3 Å². The van der Waals surface area contributed by atoms with Crippen LogP contribution in [0.1, 0.15) is 12.5 Å². The highest BCUT2D eigenvalue weighted by Crippen LogP contribution is 2.20. The third-order valence-electron chi connectivity index (χ3n) is 1.57. The summed E-state index contributed by atoms with van der Waals surface area (Å²) in [5.41, 5.74) is 6.64. The second kappa shape index (κ2) is 2.56. The fraction of sp³-hybridized carbons (Fsp3) is 0.250. The van der Waals surface area contributed by atoms with Gasteiger partial charge < -0.3 is 5.73 Å². The maximum Gasteiger partial charge on any atom is 0.0572 e. The fourth-order valence-corrected chi connectivity index (χ4v) is 1.47. The Bertz CT molecular complexity index is 211. The third kappa shape index (κ3) is 1.28. The Balaban J connectivity index is 2.95. The predicted molar refractivity (Wildman–Crippen MR) is 46.1 cm³/mol. The van der Waals surface area contributed by atoms with E-state index in [2.05, 4.69) is 6.58 Å². The first kappa shape index (κ1) is 7.51. The highest BCUT2D eigenvalue weighted by Gasteiger charge is 2.15. The van der Waals surface area contributed by atoms with Crippen LogP contribution in [0, 0.1) is 0 Å². The Kier molecular flexibility index (Phi) is 1.92. The lowest BCUT2D eigenvalue weighted by Crippen LogP contribution is -2.29. The summed E-state index contributed by atoms with van der Waals surface area (Å²) in [4.78, 5) is 0. The number of thiophene rings is 1. The molecule has 1 aromatic heterocycles. The van der Waals surface area contributed by atoms with Crippen molar-refractivity contribution in [2.45, 2.75) is 12.5 Å². The summed E-state index contributed by atoms with van der Waals surface area (Å²) in [5, 5.41) is 4.06. The Hall–Kier alpha value is -0.600. The van der Waals surface area contributed by atoms with Crippen LogP contribution in [0.4, 0.5) is 0 Å². The molecule has 0 aliphatic carbocycles. The van der Waals surface area contributed by atoms with E-state index in [1.54, 1.807) is 17.4 Å². The zero-order chi connectivity index (χ0) is 7.61. The van der Waals surface area contributed by atoms with Crippen LogP contribution in [0.25, 0.3) is 0 Å². The van der Waals surface area contributed by atoms with Crippen LogP contribution in [0.2, 0.25) is 0 Å². The SMILES string of the molecule is C=C[C@](C)(N)c1ccsc1. The lowest BCUT2D eigenvalue weighted by molar-refractivity contribution is 0.634. The molecule has 0 aliphatic heterocycles. The topological polar surface area (TPSA) is 26.0 Å². The Morgan fingerprint density at radius 3 is 2.90 bits per heavy atom. The van der Waals surface area contributed by atoms with Crippen LogP contribution in [-0.2, 0) is 5.54 Å². The summed E-state index contributed by atoms with van der Waals surface area (Å²) in [5.74, 6) is 0. The molecule has 0 aromatic carbocycles. The molecule has 0 saturated heterocycles. The van der Waals surface area contributed by atoms with E-state index in [1.807, 2.05) is 23.8 Å². The summed E-state index contributed by atoms with van der Waals surface area (Å²) in [6, 6.07) is 2.02. The molecule has 1 nitrogen and oxygen atoms in total. The molecule has 2 N–H and O–H groups in total. The molecule has 0 aliphatic rings. The van der Waals surface area contributed by atoms with Crippen molar-refractivity contribution in [1.29, 1.82) is 0 Å². The van der Waals surface area contributed by atoms with E-state index in [0.29, 0.717) is 0 Å². The van der Waals surface area contributed by atoms with Gasteiger partial charge in [0.1, 0.15) is 0 Å². The van der Waals surface area contributed by atoms with Gasteiger partial charge in [0.15, 0.2) is 0 Å². The van der Waals surface area contributed by atoms with E-state index in [-0.39, 0.29) is 5.54 Å². The fourth-order valence-electron chi connectivity index (χ4n) is 0.689. The van der Waals surface area contributed by atoms with Gasteiger partial charge in [0.2, 0.25) is 0 Å². The normalized spacial score (nSPS) is 16.2. The van der Waals surface area contributed by atoms with Crippen LogP contribution >= 0.6 is 11.3 Å². The van der Waals surface area contributed by atoms with E-state index in [1.165, 1.54) is 0 Å². The summed E-state index contributed by atoms with van der Waals surface area (Å²) in [6.07, 6.45) is 1.76. The first-order chi connectivity index (χ1) is 4.67. The summed E-state index contributed by atoms with van der Waals surface area (Å²) in [7, 11) is 0. The largest absolute Gasteiger partial charge is 0.318 e. The van der Waals surface area contributed by atoms with Gasteiger partial charge in [0.25, 0.3) is 0 Å². The molecule has 0 bridgehead atoms. The van der Waals surface area contributed by atoms with Crippen LogP contribution in [0.15, 0.2) is 29.5 Å². The number of nitrogens with two attached hydrogens (primary N) is 1. The van der Waals surface area contributed by atoms with Crippen LogP contribution < -0.4 is 5.73 Å². The van der Waals surface area contributed by atoms with Crippen molar-refractivity contribution in [1.82, 2.24) is 0 Å². The van der Waals surface area contributed by atoms with Gasteiger partial charge >= 0.3 is 0 Å². The molecule has 10 heavy (non-hydrogen) atoms. The molecular weight excluding hydrogens is 142 g/mol. The lowest BCUT2D eigenvalue weighted by Gasteiger charge is -2.17. The summed E-state index contributed by atoms with van der Waals surface area (Å²) < 4.78 is 0. The van der Waals surface area contributed by atoms with Gasteiger partial charge in [-0.3, -0.25) is 0 Å². The number of rotatable bonds is 2. The molecule has 0 spiro atoms. The highest BCUT2D eigenvalue weighted by molar-refractivity contribution is 7.08. The first-order valence-corrected chi connectivity index (χ1v) is 4.06. The lowest BCUT2D eigenvalue weighted by atomic mass is 9.97. The summed E-state index contributed by atoms with van der Waals surface area (Å²) >= 11 is 1.65. The Morgan fingerprint density at radius 2 is 2.50 bits per heavy atom. The average Bonchev–Trinajstić information content (AvgIpc) is 2.38. The smallest absolute Gasteiger partial charge is 0.0572 e. The van der Waals surface area contributed by atoms with E-state index in [0.717, 1.165) is 5.56 Å². The summed E-state index contributed by atoms with van der Waals surface area (Å²) in [6.45, 7) is 5.61. The number of hydrogen-bond acceptors (Lipinski definition) is 2. The second-order valence-electron chi connectivity index (χ2n) is 2.50. The number of hydrogen-bond donors (Lipinski definition) is 1. The molecule has 1 atom stereocenters. The molecule has 54 valence electrons. The second-order valence-corrected chi connectivity index (χ2v) is 3.28. The maximum absolute atomic E-state index is 5.87. The van der Waals surface area contributed by atoms with Crippen LogP contribution in [0.3, 0.4) is 0 Å². The zero-order valence-corrected chi connectivity index (χ0v) is 6.82. The van der Waals surface area contributed by atoms with Gasteiger partial charge in [-0.15, -0.1) is 6.58 Å². The van der Waals surface area contributed by atoms with Crippen molar-refractivity contribution < 1.29 is 0 Å². The zero-order valence-electron chi connectivity index (χ0n) is 6.00. The van der Waals surface area contributed by atoms with Crippen LogP contribution in [-0.4, -0.2) is 0 Å². The molecule has 0 amide bonds. The molecular formula is C8H11NS. The third-order valence-corrected chi connectivity index (χ3v) is 2.25. The minimum Gasteiger partial charge on any atom is -0.318 e. The monoisotopic (exact) mass is 153 g/mol. The molecule has 0 radical (unpaired) electrons. The van der Waals surface area contributed by atoms with Gasteiger partial charge in [-0.05, 0) is 29.3 Å². The van der Waals surface area contributed by atoms with E-state index < -0.39 is 0 Å². The minimum atomic E-state index is -0.361. The van der Waals surface area contributed by atoms with Crippen molar-refractivity contribution in [3.8, 4) is 0 Å². The molecule has 1 heterocycles. The van der Waals surface area contributed by atoms with Gasteiger partial charge in [-0.25, -0.2) is 0 Å². The van der Waals surface area contributed by atoms with E-state index in [4.69, 9.17) is 5.73 Å². The standard InChI is InChI=1S/C8H11NS/c1-3-8(2,9)7-4-5-10-6-7/h3-6H,1,9H2,2H3/t8-/m0/s1. The van der Waals surface area contributed by atoms with Crippen LogP contribution in [0.5, 0.6) is 0 Å². The quantitative estimate of drug-likeness (QED) is 0.647. The molecule has 1 rings (SSSR count). The van der Waals surface area contributed by atoms with E-state index >= 15 is 0 Å². The Labute approximate surface area is 65.2 Å². The molecule has 0 unspecified atom stereocenters. The van der Waals surface area contributed by atoms with Crippen molar-refractivity contribution in [2.75, 3.05) is 0 Å². The molecule has 1 aromatic rings.